The lowest BCUT2D eigenvalue weighted by Crippen LogP contribution is -2.17. The zero-order valence-electron chi connectivity index (χ0n) is 27.0. The van der Waals surface area contributed by atoms with Gasteiger partial charge >= 0.3 is 0 Å². The summed E-state index contributed by atoms with van der Waals surface area (Å²) in [4.78, 5) is -0.0810. The summed E-state index contributed by atoms with van der Waals surface area (Å²) in [5.74, 6) is 0. The summed E-state index contributed by atoms with van der Waals surface area (Å²) < 4.78 is 29.6. The van der Waals surface area contributed by atoms with E-state index < -0.39 is 10.0 Å². The van der Waals surface area contributed by atoms with Gasteiger partial charge in [0.2, 0.25) is 0 Å². The number of nitriles is 1. The van der Waals surface area contributed by atoms with Gasteiger partial charge in [-0.05, 0) is 93.3 Å². The summed E-state index contributed by atoms with van der Waals surface area (Å²) in [6, 6.07) is 26.0. The van der Waals surface area contributed by atoms with Crippen LogP contribution in [0, 0.1) is 39.0 Å². The van der Waals surface area contributed by atoms with E-state index in [4.69, 9.17) is 0 Å². The van der Waals surface area contributed by atoms with Crippen LogP contribution in [0.15, 0.2) is 102 Å². The van der Waals surface area contributed by atoms with Crippen LogP contribution in [0.25, 0.3) is 28.0 Å². The Balaban J connectivity index is 0.000000619. The Morgan fingerprint density at radius 2 is 1.42 bits per heavy atom. The number of hydrogen-bond acceptors (Lipinski definition) is 3. The maximum Gasteiger partial charge on any atom is 0.263 e. The van der Waals surface area contributed by atoms with Crippen molar-refractivity contribution >= 4 is 32.6 Å². The summed E-state index contributed by atoms with van der Waals surface area (Å²) in [6.45, 7) is 21.3. The van der Waals surface area contributed by atoms with Crippen molar-refractivity contribution in [1.82, 2.24) is 0 Å². The van der Waals surface area contributed by atoms with Crippen LogP contribution in [0.2, 0.25) is 0 Å². The lowest BCUT2D eigenvalue weighted by Gasteiger charge is -2.20. The molecule has 0 spiro atoms. The maximum atomic E-state index is 13.4. The Hall–Kier alpha value is -4.40. The van der Waals surface area contributed by atoms with Crippen LogP contribution in [-0.4, -0.2) is 8.42 Å². The van der Waals surface area contributed by atoms with Crippen molar-refractivity contribution in [2.75, 3.05) is 4.72 Å². The zero-order valence-corrected chi connectivity index (χ0v) is 27.8. The average molecular weight is 593 g/mol. The number of nitrogens with one attached hydrogen (secondary N) is 1. The second kappa shape index (κ2) is 15.7. The van der Waals surface area contributed by atoms with E-state index in [1.54, 1.807) is 13.8 Å². The first-order valence-corrected chi connectivity index (χ1v) is 16.0. The molecule has 0 fully saturated rings. The highest BCUT2D eigenvalue weighted by atomic mass is 32.2. The topological polar surface area (TPSA) is 70.0 Å². The normalized spacial score (nSPS) is 10.6. The summed E-state index contributed by atoms with van der Waals surface area (Å²) >= 11 is 0. The Kier molecular flexibility index (Phi) is 12.7. The second-order valence-corrected chi connectivity index (χ2v) is 11.9. The van der Waals surface area contributed by atoms with E-state index in [9.17, 15) is 13.7 Å². The largest absolute Gasteiger partial charge is 0.279 e. The van der Waals surface area contributed by atoms with E-state index in [1.807, 2.05) is 81.4 Å². The number of anilines is 1. The van der Waals surface area contributed by atoms with Gasteiger partial charge in [-0.3, -0.25) is 4.72 Å². The van der Waals surface area contributed by atoms with Gasteiger partial charge in [0.1, 0.15) is 4.91 Å². The minimum Gasteiger partial charge on any atom is -0.279 e. The van der Waals surface area contributed by atoms with E-state index in [1.165, 1.54) is 5.56 Å². The molecule has 0 saturated carbocycles. The van der Waals surface area contributed by atoms with E-state index in [-0.39, 0.29) is 10.5 Å². The quantitative estimate of drug-likeness (QED) is 0.179. The Morgan fingerprint density at radius 1 is 0.860 bits per heavy atom. The first kappa shape index (κ1) is 34.8. The van der Waals surface area contributed by atoms with Gasteiger partial charge in [-0.15, -0.1) is 0 Å². The van der Waals surface area contributed by atoms with Crippen molar-refractivity contribution in [2.24, 2.45) is 0 Å². The van der Waals surface area contributed by atoms with Gasteiger partial charge in [-0.1, -0.05) is 110 Å². The fourth-order valence-electron chi connectivity index (χ4n) is 4.95. The predicted octanol–water partition coefficient (Wildman–Crippen LogP) is 10.6. The molecule has 0 aliphatic carbocycles. The number of hydrogen-bond donors (Lipinski definition) is 1. The molecule has 0 bridgehead atoms. The molecule has 5 heteroatoms. The minimum atomic E-state index is -4.03. The number of benzene rings is 4. The highest BCUT2D eigenvalue weighted by molar-refractivity contribution is 7.96. The van der Waals surface area contributed by atoms with Gasteiger partial charge in [0.05, 0.1) is 17.3 Å². The molecule has 0 atom stereocenters. The number of rotatable bonds is 6. The molecule has 0 unspecified atom stereocenters. The van der Waals surface area contributed by atoms with E-state index in [0.29, 0.717) is 11.3 Å². The first-order valence-electron chi connectivity index (χ1n) is 14.5. The van der Waals surface area contributed by atoms with Crippen LogP contribution < -0.4 is 4.72 Å². The number of allylic oxidation sites excluding steroid dienone is 3. The van der Waals surface area contributed by atoms with Crippen molar-refractivity contribution in [2.45, 2.75) is 62.3 Å². The summed E-state index contributed by atoms with van der Waals surface area (Å²) in [7, 11) is -4.03. The van der Waals surface area contributed by atoms with E-state index in [2.05, 4.69) is 69.3 Å². The minimum absolute atomic E-state index is 0.0810. The standard InChI is InChI=1S/C29H30N2O2S.C7H8.C2H6/c1-8-11-23-19(4)14-15-20(5)28(23)26-16-27(25-13-10-9-12-24(25)22(26)7)31-34(32,33)29(18(2)3)21(6)17-30;1-7-5-3-2-4-6-7;1-2/h8-16,31H,6H2,1-5,7H3;2-6H,1H3;1-2H3/b11-8-;;. The van der Waals surface area contributed by atoms with Gasteiger partial charge in [0.25, 0.3) is 10.0 Å². The molecule has 0 aromatic heterocycles. The van der Waals surface area contributed by atoms with Crippen molar-refractivity contribution in [1.29, 1.82) is 5.26 Å². The van der Waals surface area contributed by atoms with Crippen LogP contribution in [0.4, 0.5) is 5.69 Å². The number of fused-ring (bicyclic) bond motifs is 1. The molecule has 224 valence electrons. The van der Waals surface area contributed by atoms with Crippen molar-refractivity contribution in [3.05, 3.63) is 129 Å². The number of nitrogens with zero attached hydrogens (tertiary/aromatic N) is 1. The highest BCUT2D eigenvalue weighted by Gasteiger charge is 2.24. The lowest BCUT2D eigenvalue weighted by molar-refractivity contribution is 0.607. The Labute approximate surface area is 259 Å². The van der Waals surface area contributed by atoms with E-state index in [0.717, 1.165) is 44.2 Å². The fraction of sp³-hybridized carbons (Fsp3) is 0.237. The van der Waals surface area contributed by atoms with Crippen LogP contribution in [0.1, 0.15) is 62.4 Å². The molecule has 0 aliphatic heterocycles. The second-order valence-electron chi connectivity index (χ2n) is 10.3. The van der Waals surface area contributed by atoms with Crippen LogP contribution in [-0.2, 0) is 10.0 Å². The predicted molar refractivity (Wildman–Crippen MR) is 186 cm³/mol. The summed E-state index contributed by atoms with van der Waals surface area (Å²) in [5.41, 5.74) is 8.66. The third-order valence-electron chi connectivity index (χ3n) is 6.91. The Bertz CT molecular complexity index is 1800. The fourth-order valence-corrected chi connectivity index (χ4v) is 6.42. The molecule has 43 heavy (non-hydrogen) atoms. The van der Waals surface area contributed by atoms with Gasteiger partial charge in [-0.2, -0.15) is 5.26 Å². The molecule has 1 N–H and O–H groups in total. The smallest absolute Gasteiger partial charge is 0.263 e. The third-order valence-corrected chi connectivity index (χ3v) is 8.59. The van der Waals surface area contributed by atoms with Crippen LogP contribution in [0.5, 0.6) is 0 Å². The molecular formula is C38H44N2O2S. The number of aryl methyl sites for hydroxylation is 4. The molecule has 4 rings (SSSR count). The van der Waals surface area contributed by atoms with Gasteiger partial charge in [-0.25, -0.2) is 8.42 Å². The van der Waals surface area contributed by atoms with Crippen molar-refractivity contribution in [3.8, 4) is 17.2 Å². The Morgan fingerprint density at radius 3 is 1.93 bits per heavy atom. The van der Waals surface area contributed by atoms with Crippen LogP contribution >= 0.6 is 0 Å². The molecular weight excluding hydrogens is 548 g/mol. The third kappa shape index (κ3) is 8.34. The maximum absolute atomic E-state index is 13.4. The molecule has 0 heterocycles. The summed E-state index contributed by atoms with van der Waals surface area (Å²) in [6.07, 6.45) is 4.11. The van der Waals surface area contributed by atoms with Crippen molar-refractivity contribution in [3.63, 3.8) is 0 Å². The van der Waals surface area contributed by atoms with E-state index >= 15 is 0 Å². The first-order chi connectivity index (χ1) is 20.4. The summed E-state index contributed by atoms with van der Waals surface area (Å²) in [5, 5.41) is 11.1. The van der Waals surface area contributed by atoms with Crippen LogP contribution in [0.3, 0.4) is 0 Å². The number of sulfonamides is 1. The molecule has 0 radical (unpaired) electrons. The lowest BCUT2D eigenvalue weighted by atomic mass is 9.87. The SMILES string of the molecule is C=C(C#N)C(=C(C)C)S(=O)(=O)Nc1cc(-c2c(C)ccc(C)c2/C=C\C)c(C)c2ccccc12.CC.Cc1ccccc1. The highest BCUT2D eigenvalue weighted by Crippen LogP contribution is 2.40. The van der Waals surface area contributed by atoms with Gasteiger partial charge in [0, 0.05) is 5.39 Å². The molecule has 0 amide bonds. The van der Waals surface area contributed by atoms with Crippen molar-refractivity contribution < 1.29 is 8.42 Å². The molecule has 4 aromatic carbocycles. The molecule has 4 aromatic rings. The molecule has 0 aliphatic rings. The monoisotopic (exact) mass is 592 g/mol. The molecule has 4 nitrogen and oxygen atoms in total. The van der Waals surface area contributed by atoms with Gasteiger partial charge in [0.15, 0.2) is 0 Å². The average Bonchev–Trinajstić information content (AvgIpc) is 2.98. The molecule has 0 saturated heterocycles. The van der Waals surface area contributed by atoms with Gasteiger partial charge < -0.3 is 0 Å². The zero-order chi connectivity index (χ0) is 32.3.